The van der Waals surface area contributed by atoms with Gasteiger partial charge in [-0.15, -0.1) is 0 Å². The Kier molecular flexibility index (Phi) is 5.86. The smallest absolute Gasteiger partial charge is 0.251 e. The second-order valence-electron chi connectivity index (χ2n) is 5.13. The monoisotopic (exact) mass is 248 g/mol. The van der Waals surface area contributed by atoms with E-state index in [-0.39, 0.29) is 5.91 Å². The molecule has 0 spiro atoms. The van der Waals surface area contributed by atoms with Crippen LogP contribution in [0.1, 0.15) is 36.7 Å². The minimum absolute atomic E-state index is 0.0389. The lowest BCUT2D eigenvalue weighted by molar-refractivity contribution is 0.0963. The van der Waals surface area contributed by atoms with Crippen LogP contribution in [0.2, 0.25) is 0 Å². The molecule has 1 unspecified atom stereocenters. The third kappa shape index (κ3) is 4.49. The molecule has 18 heavy (non-hydrogen) atoms. The van der Waals surface area contributed by atoms with E-state index in [0.29, 0.717) is 17.4 Å². The highest BCUT2D eigenvalue weighted by molar-refractivity contribution is 5.93. The van der Waals surface area contributed by atoms with Crippen molar-refractivity contribution in [1.82, 2.24) is 10.6 Å². The van der Waals surface area contributed by atoms with Crippen molar-refractivity contribution in [2.45, 2.75) is 27.3 Å². The highest BCUT2D eigenvalue weighted by Crippen LogP contribution is 2.08. The Hall–Kier alpha value is -1.35. The van der Waals surface area contributed by atoms with Gasteiger partial charge in [0.05, 0.1) is 0 Å². The normalized spacial score (nSPS) is 12.5. The maximum Gasteiger partial charge on any atom is 0.251 e. The van der Waals surface area contributed by atoms with Crippen LogP contribution in [0, 0.1) is 11.8 Å². The molecule has 0 heterocycles. The lowest BCUT2D eigenvalue weighted by Crippen LogP contribution is -2.23. The molecule has 0 aromatic heterocycles. The van der Waals surface area contributed by atoms with E-state index in [1.807, 2.05) is 24.3 Å². The van der Waals surface area contributed by atoms with Gasteiger partial charge in [-0.25, -0.2) is 0 Å². The summed E-state index contributed by atoms with van der Waals surface area (Å²) in [5.41, 5.74) is 1.91. The quantitative estimate of drug-likeness (QED) is 0.812. The highest BCUT2D eigenvalue weighted by Gasteiger charge is 2.06. The Bertz CT molecular complexity index is 371. The number of carbonyl (C=O) groups is 1. The standard InChI is InChI=1S/C15H24N2O/c1-11(2)12(3)9-17-10-13-5-7-14(8-6-13)15(18)16-4/h5-8,11-12,17H,9-10H2,1-4H3,(H,16,18). The van der Waals surface area contributed by atoms with E-state index in [1.54, 1.807) is 7.05 Å². The van der Waals surface area contributed by atoms with Crippen LogP contribution in [0.25, 0.3) is 0 Å². The molecule has 0 aliphatic heterocycles. The number of hydrogen-bond acceptors (Lipinski definition) is 2. The number of rotatable bonds is 6. The Morgan fingerprint density at radius 2 is 1.78 bits per heavy atom. The molecule has 0 radical (unpaired) electrons. The van der Waals surface area contributed by atoms with Gasteiger partial charge in [-0.05, 0) is 36.1 Å². The fourth-order valence-electron chi connectivity index (χ4n) is 1.60. The predicted molar refractivity (Wildman–Crippen MR) is 75.5 cm³/mol. The molecule has 3 heteroatoms. The average molecular weight is 248 g/mol. The van der Waals surface area contributed by atoms with E-state index in [2.05, 4.69) is 31.4 Å². The van der Waals surface area contributed by atoms with Crippen molar-refractivity contribution in [2.24, 2.45) is 11.8 Å². The van der Waals surface area contributed by atoms with Gasteiger partial charge in [0.25, 0.3) is 5.91 Å². The molecular formula is C15H24N2O. The largest absolute Gasteiger partial charge is 0.355 e. The van der Waals surface area contributed by atoms with Crippen molar-refractivity contribution in [3.05, 3.63) is 35.4 Å². The average Bonchev–Trinajstić information content (AvgIpc) is 2.38. The zero-order valence-corrected chi connectivity index (χ0v) is 11.8. The second-order valence-corrected chi connectivity index (χ2v) is 5.13. The number of nitrogens with one attached hydrogen (secondary N) is 2. The van der Waals surface area contributed by atoms with Gasteiger partial charge in [0, 0.05) is 19.2 Å². The fraction of sp³-hybridized carbons (Fsp3) is 0.533. The first-order chi connectivity index (χ1) is 8.54. The lowest BCUT2D eigenvalue weighted by Gasteiger charge is -2.16. The third-order valence-corrected chi connectivity index (χ3v) is 3.38. The van der Waals surface area contributed by atoms with Crippen molar-refractivity contribution in [3.63, 3.8) is 0 Å². The summed E-state index contributed by atoms with van der Waals surface area (Å²) < 4.78 is 0. The molecule has 0 saturated heterocycles. The maximum atomic E-state index is 11.4. The Balaban J connectivity index is 2.42. The van der Waals surface area contributed by atoms with Gasteiger partial charge in [-0.1, -0.05) is 32.9 Å². The molecule has 1 rings (SSSR count). The van der Waals surface area contributed by atoms with Crippen molar-refractivity contribution in [3.8, 4) is 0 Å². The predicted octanol–water partition coefficient (Wildman–Crippen LogP) is 2.43. The highest BCUT2D eigenvalue weighted by atomic mass is 16.1. The lowest BCUT2D eigenvalue weighted by atomic mass is 9.98. The van der Waals surface area contributed by atoms with Gasteiger partial charge in [-0.2, -0.15) is 0 Å². The van der Waals surface area contributed by atoms with Gasteiger partial charge in [0.15, 0.2) is 0 Å². The second kappa shape index (κ2) is 7.17. The van der Waals surface area contributed by atoms with Crippen molar-refractivity contribution >= 4 is 5.91 Å². The number of hydrogen-bond donors (Lipinski definition) is 2. The summed E-state index contributed by atoms with van der Waals surface area (Å²) in [7, 11) is 1.64. The summed E-state index contributed by atoms with van der Waals surface area (Å²) >= 11 is 0. The Morgan fingerprint density at radius 3 is 2.28 bits per heavy atom. The Morgan fingerprint density at radius 1 is 1.17 bits per heavy atom. The van der Waals surface area contributed by atoms with Crippen LogP contribution < -0.4 is 10.6 Å². The van der Waals surface area contributed by atoms with E-state index < -0.39 is 0 Å². The van der Waals surface area contributed by atoms with Gasteiger partial charge < -0.3 is 10.6 Å². The molecule has 0 fully saturated rings. The van der Waals surface area contributed by atoms with Crippen molar-refractivity contribution < 1.29 is 4.79 Å². The van der Waals surface area contributed by atoms with E-state index in [1.165, 1.54) is 5.56 Å². The summed E-state index contributed by atoms with van der Waals surface area (Å²) in [5, 5.41) is 6.06. The molecule has 2 N–H and O–H groups in total. The summed E-state index contributed by atoms with van der Waals surface area (Å²) in [4.78, 5) is 11.4. The molecular weight excluding hydrogens is 224 g/mol. The van der Waals surface area contributed by atoms with Crippen molar-refractivity contribution in [2.75, 3.05) is 13.6 Å². The first-order valence-electron chi connectivity index (χ1n) is 6.56. The maximum absolute atomic E-state index is 11.4. The van der Waals surface area contributed by atoms with Crippen LogP contribution in [0.5, 0.6) is 0 Å². The number of benzene rings is 1. The summed E-state index contributed by atoms with van der Waals surface area (Å²) in [5.74, 6) is 1.34. The molecule has 1 aromatic rings. The molecule has 1 aromatic carbocycles. The van der Waals surface area contributed by atoms with Crippen LogP contribution >= 0.6 is 0 Å². The van der Waals surface area contributed by atoms with E-state index in [9.17, 15) is 4.79 Å². The van der Waals surface area contributed by atoms with E-state index in [0.717, 1.165) is 13.1 Å². The molecule has 1 atom stereocenters. The SMILES string of the molecule is CNC(=O)c1ccc(CNCC(C)C(C)C)cc1. The minimum Gasteiger partial charge on any atom is -0.355 e. The Labute approximate surface area is 110 Å². The van der Waals surface area contributed by atoms with E-state index >= 15 is 0 Å². The van der Waals surface area contributed by atoms with Crippen LogP contribution in [-0.2, 0) is 6.54 Å². The molecule has 0 aliphatic rings. The summed E-state index contributed by atoms with van der Waals surface area (Å²) in [6, 6.07) is 7.72. The molecule has 0 aliphatic carbocycles. The van der Waals surface area contributed by atoms with Gasteiger partial charge in [0.1, 0.15) is 0 Å². The first kappa shape index (κ1) is 14.7. The van der Waals surface area contributed by atoms with Crippen LogP contribution in [0.15, 0.2) is 24.3 Å². The minimum atomic E-state index is -0.0389. The van der Waals surface area contributed by atoms with Gasteiger partial charge >= 0.3 is 0 Å². The fourth-order valence-corrected chi connectivity index (χ4v) is 1.60. The first-order valence-corrected chi connectivity index (χ1v) is 6.56. The summed E-state index contributed by atoms with van der Waals surface area (Å²) in [6.07, 6.45) is 0. The zero-order chi connectivity index (χ0) is 13.5. The number of amides is 1. The van der Waals surface area contributed by atoms with Crippen LogP contribution in [0.3, 0.4) is 0 Å². The van der Waals surface area contributed by atoms with Crippen LogP contribution in [-0.4, -0.2) is 19.5 Å². The molecule has 3 nitrogen and oxygen atoms in total. The zero-order valence-electron chi connectivity index (χ0n) is 11.8. The third-order valence-electron chi connectivity index (χ3n) is 3.38. The van der Waals surface area contributed by atoms with Crippen LogP contribution in [0.4, 0.5) is 0 Å². The van der Waals surface area contributed by atoms with Crippen molar-refractivity contribution in [1.29, 1.82) is 0 Å². The number of carbonyl (C=O) groups excluding carboxylic acids is 1. The molecule has 0 saturated carbocycles. The van der Waals surface area contributed by atoms with Gasteiger partial charge in [0.2, 0.25) is 0 Å². The topological polar surface area (TPSA) is 41.1 Å². The molecule has 0 bridgehead atoms. The molecule has 1 amide bonds. The summed E-state index contributed by atoms with van der Waals surface area (Å²) in [6.45, 7) is 8.61. The van der Waals surface area contributed by atoms with Gasteiger partial charge in [-0.3, -0.25) is 4.79 Å². The van der Waals surface area contributed by atoms with E-state index in [4.69, 9.17) is 0 Å². The molecule has 100 valence electrons.